The van der Waals surface area contributed by atoms with Crippen LogP contribution in [0.15, 0.2) is 12.1 Å². The standard InChI is InChI=1S/C18H27ClFN/c1-4-10-21-17(18(3)8-6-5-7-9-18)14-11-13(2)16(20)12-15(14)19/h11-12,17,21H,4-10H2,1-3H3. The molecule has 3 heteroatoms. The van der Waals surface area contributed by atoms with Gasteiger partial charge in [-0.1, -0.05) is 50.8 Å². The lowest BCUT2D eigenvalue weighted by Crippen LogP contribution is -2.38. The van der Waals surface area contributed by atoms with E-state index in [9.17, 15) is 4.39 Å². The molecule has 1 fully saturated rings. The highest BCUT2D eigenvalue weighted by atomic mass is 35.5. The van der Waals surface area contributed by atoms with Crippen molar-refractivity contribution in [3.8, 4) is 0 Å². The van der Waals surface area contributed by atoms with Gasteiger partial charge in [0.15, 0.2) is 0 Å². The Hall–Kier alpha value is -0.600. The van der Waals surface area contributed by atoms with Crippen molar-refractivity contribution in [2.75, 3.05) is 6.54 Å². The van der Waals surface area contributed by atoms with Crippen LogP contribution in [-0.4, -0.2) is 6.54 Å². The Morgan fingerprint density at radius 3 is 2.57 bits per heavy atom. The summed E-state index contributed by atoms with van der Waals surface area (Å²) < 4.78 is 13.7. The third-order valence-corrected chi connectivity index (χ3v) is 5.21. The molecule has 1 nitrogen and oxygen atoms in total. The number of benzene rings is 1. The van der Waals surface area contributed by atoms with Gasteiger partial charge in [-0.2, -0.15) is 0 Å². The second-order valence-corrected chi connectivity index (χ2v) is 7.13. The first-order chi connectivity index (χ1) is 9.98. The molecule has 1 atom stereocenters. The summed E-state index contributed by atoms with van der Waals surface area (Å²) in [5, 5.41) is 4.23. The Kier molecular flexibility index (Phi) is 5.67. The number of aryl methyl sites for hydroxylation is 1. The summed E-state index contributed by atoms with van der Waals surface area (Å²) in [5.41, 5.74) is 1.95. The first-order valence-electron chi connectivity index (χ1n) is 8.17. The SMILES string of the molecule is CCCNC(c1cc(C)c(F)cc1Cl)C1(C)CCCCC1. The molecule has 2 rings (SSSR count). The molecule has 0 radical (unpaired) electrons. The van der Waals surface area contributed by atoms with Crippen LogP contribution in [0.1, 0.15) is 69.5 Å². The van der Waals surface area contributed by atoms with Crippen LogP contribution in [0.4, 0.5) is 4.39 Å². The molecule has 1 aromatic rings. The van der Waals surface area contributed by atoms with Crippen LogP contribution >= 0.6 is 11.6 Å². The van der Waals surface area contributed by atoms with Gasteiger partial charge in [-0.15, -0.1) is 0 Å². The Labute approximate surface area is 133 Å². The minimum absolute atomic E-state index is 0.210. The molecule has 1 saturated carbocycles. The van der Waals surface area contributed by atoms with E-state index in [0.29, 0.717) is 10.6 Å². The highest BCUT2D eigenvalue weighted by Crippen LogP contribution is 2.47. The van der Waals surface area contributed by atoms with Gasteiger partial charge in [0.25, 0.3) is 0 Å². The molecular weight excluding hydrogens is 285 g/mol. The van der Waals surface area contributed by atoms with Crippen molar-refractivity contribution in [1.29, 1.82) is 0 Å². The fraction of sp³-hybridized carbons (Fsp3) is 0.667. The first-order valence-corrected chi connectivity index (χ1v) is 8.54. The molecule has 0 aromatic heterocycles. The first kappa shape index (κ1) is 16.8. The van der Waals surface area contributed by atoms with Gasteiger partial charge in [0.2, 0.25) is 0 Å². The summed E-state index contributed by atoms with van der Waals surface area (Å²) in [6.07, 6.45) is 7.39. The van der Waals surface area contributed by atoms with Crippen molar-refractivity contribution in [3.05, 3.63) is 34.1 Å². The summed E-state index contributed by atoms with van der Waals surface area (Å²) >= 11 is 6.38. The van der Waals surface area contributed by atoms with Crippen molar-refractivity contribution < 1.29 is 4.39 Å². The molecule has 118 valence electrons. The Morgan fingerprint density at radius 2 is 1.95 bits per heavy atom. The van der Waals surface area contributed by atoms with Gasteiger partial charge in [-0.3, -0.25) is 0 Å². The van der Waals surface area contributed by atoms with Crippen molar-refractivity contribution in [2.24, 2.45) is 5.41 Å². The van der Waals surface area contributed by atoms with E-state index in [-0.39, 0.29) is 17.3 Å². The van der Waals surface area contributed by atoms with Crippen molar-refractivity contribution in [1.82, 2.24) is 5.32 Å². The molecule has 0 heterocycles. The molecule has 1 N–H and O–H groups in total. The predicted octanol–water partition coefficient (Wildman–Crippen LogP) is 5.80. The van der Waals surface area contributed by atoms with Crippen molar-refractivity contribution >= 4 is 11.6 Å². The van der Waals surface area contributed by atoms with Gasteiger partial charge in [-0.25, -0.2) is 4.39 Å². The van der Waals surface area contributed by atoms with Crippen LogP contribution < -0.4 is 5.32 Å². The minimum Gasteiger partial charge on any atom is -0.309 e. The highest BCUT2D eigenvalue weighted by molar-refractivity contribution is 6.31. The third kappa shape index (κ3) is 3.78. The molecule has 0 bridgehead atoms. The highest BCUT2D eigenvalue weighted by Gasteiger charge is 2.37. The van der Waals surface area contributed by atoms with E-state index in [0.717, 1.165) is 18.5 Å². The van der Waals surface area contributed by atoms with Crippen LogP contribution in [0, 0.1) is 18.2 Å². The second kappa shape index (κ2) is 7.11. The van der Waals surface area contributed by atoms with E-state index in [1.165, 1.54) is 38.2 Å². The Balaban J connectivity index is 2.37. The van der Waals surface area contributed by atoms with E-state index in [1.54, 1.807) is 0 Å². The maximum absolute atomic E-state index is 13.7. The maximum Gasteiger partial charge on any atom is 0.127 e. The number of nitrogens with one attached hydrogen (secondary N) is 1. The van der Waals surface area contributed by atoms with Gasteiger partial charge in [0.1, 0.15) is 5.82 Å². The molecule has 1 aromatic carbocycles. The fourth-order valence-corrected chi connectivity index (χ4v) is 3.83. The van der Waals surface area contributed by atoms with Gasteiger partial charge in [0, 0.05) is 11.1 Å². The average molecular weight is 312 g/mol. The summed E-state index contributed by atoms with van der Waals surface area (Å²) in [4.78, 5) is 0. The fourth-order valence-electron chi connectivity index (χ4n) is 3.57. The summed E-state index contributed by atoms with van der Waals surface area (Å²) in [6, 6.07) is 3.62. The molecule has 1 aliphatic carbocycles. The van der Waals surface area contributed by atoms with Crippen LogP contribution in [0.25, 0.3) is 0 Å². The molecule has 1 unspecified atom stereocenters. The largest absolute Gasteiger partial charge is 0.309 e. The van der Waals surface area contributed by atoms with E-state index < -0.39 is 0 Å². The lowest BCUT2D eigenvalue weighted by molar-refractivity contribution is 0.144. The normalized spacial score (nSPS) is 19.5. The second-order valence-electron chi connectivity index (χ2n) is 6.72. The quantitative estimate of drug-likeness (QED) is 0.724. The van der Waals surface area contributed by atoms with Crippen LogP contribution in [0.2, 0.25) is 5.02 Å². The summed E-state index contributed by atoms with van der Waals surface area (Å²) in [7, 11) is 0. The van der Waals surface area contributed by atoms with Gasteiger partial charge in [-0.05, 0) is 55.3 Å². The molecule has 0 spiro atoms. The number of halogens is 2. The molecule has 21 heavy (non-hydrogen) atoms. The molecular formula is C18H27ClFN. The lowest BCUT2D eigenvalue weighted by Gasteiger charge is -2.42. The summed E-state index contributed by atoms with van der Waals surface area (Å²) in [5.74, 6) is -0.216. The van der Waals surface area contributed by atoms with Gasteiger partial charge in [0.05, 0.1) is 0 Å². The zero-order valence-electron chi connectivity index (χ0n) is 13.4. The number of hydrogen-bond acceptors (Lipinski definition) is 1. The Morgan fingerprint density at radius 1 is 1.29 bits per heavy atom. The monoisotopic (exact) mass is 311 g/mol. The average Bonchev–Trinajstić information content (AvgIpc) is 2.45. The topological polar surface area (TPSA) is 12.0 Å². The lowest BCUT2D eigenvalue weighted by atomic mass is 9.68. The van der Waals surface area contributed by atoms with E-state index in [2.05, 4.69) is 19.2 Å². The Bertz CT molecular complexity index is 480. The van der Waals surface area contributed by atoms with Crippen LogP contribution in [0.3, 0.4) is 0 Å². The zero-order chi connectivity index (χ0) is 15.5. The predicted molar refractivity (Wildman–Crippen MR) is 88.4 cm³/mol. The van der Waals surface area contributed by atoms with E-state index >= 15 is 0 Å². The van der Waals surface area contributed by atoms with Crippen molar-refractivity contribution in [2.45, 2.75) is 65.3 Å². The number of rotatable bonds is 5. The number of hydrogen-bond donors (Lipinski definition) is 1. The molecule has 0 amide bonds. The molecule has 1 aliphatic rings. The minimum atomic E-state index is -0.216. The molecule has 0 saturated heterocycles. The van der Waals surface area contributed by atoms with E-state index in [1.807, 2.05) is 13.0 Å². The summed E-state index contributed by atoms with van der Waals surface area (Å²) in [6.45, 7) is 7.31. The maximum atomic E-state index is 13.7. The molecule has 0 aliphatic heterocycles. The van der Waals surface area contributed by atoms with Crippen molar-refractivity contribution in [3.63, 3.8) is 0 Å². The van der Waals surface area contributed by atoms with Gasteiger partial charge < -0.3 is 5.32 Å². The smallest absolute Gasteiger partial charge is 0.127 e. The van der Waals surface area contributed by atoms with E-state index in [4.69, 9.17) is 11.6 Å². The third-order valence-electron chi connectivity index (χ3n) is 4.88. The van der Waals surface area contributed by atoms with Gasteiger partial charge >= 0.3 is 0 Å². The van der Waals surface area contributed by atoms with Crippen LogP contribution in [-0.2, 0) is 0 Å². The van der Waals surface area contributed by atoms with Crippen LogP contribution in [0.5, 0.6) is 0 Å². The zero-order valence-corrected chi connectivity index (χ0v) is 14.2.